The Morgan fingerprint density at radius 2 is 1.94 bits per heavy atom. The summed E-state index contributed by atoms with van der Waals surface area (Å²) in [5.74, 6) is -0.0705. The number of anilines is 1. The summed E-state index contributed by atoms with van der Waals surface area (Å²) >= 11 is 0. The number of para-hydroxylation sites is 2. The minimum Gasteiger partial charge on any atom is -0.475 e. The largest absolute Gasteiger partial charge is 0.475 e. The minimum absolute atomic E-state index is 0.0551. The lowest BCUT2D eigenvalue weighted by Gasteiger charge is -2.33. The fourth-order valence-corrected chi connectivity index (χ4v) is 4.03. The van der Waals surface area contributed by atoms with Gasteiger partial charge in [-0.25, -0.2) is 9.59 Å². The van der Waals surface area contributed by atoms with E-state index in [-0.39, 0.29) is 25.0 Å². The Bertz CT molecular complexity index is 1260. The summed E-state index contributed by atoms with van der Waals surface area (Å²) in [6.07, 6.45) is -0.964. The zero-order chi connectivity index (χ0) is 23.0. The Morgan fingerprint density at radius 1 is 1.19 bits per heavy atom. The molecule has 0 bridgehead atoms. The molecular weight excluding hydrogens is 410 g/mol. The summed E-state index contributed by atoms with van der Waals surface area (Å²) in [4.78, 5) is 38.4. The summed E-state index contributed by atoms with van der Waals surface area (Å²) in [5, 5.41) is 0.729. The van der Waals surface area contributed by atoms with Crippen LogP contribution in [0.3, 0.4) is 0 Å². The van der Waals surface area contributed by atoms with E-state index in [0.29, 0.717) is 22.6 Å². The quantitative estimate of drug-likeness (QED) is 0.453. The lowest BCUT2D eigenvalue weighted by molar-refractivity contribution is -0.153. The molecule has 1 aliphatic rings. The maximum Gasteiger partial charge on any atom is 0.349 e. The van der Waals surface area contributed by atoms with Crippen LogP contribution in [0.2, 0.25) is 0 Å². The molecule has 7 nitrogen and oxygen atoms in total. The van der Waals surface area contributed by atoms with Crippen molar-refractivity contribution in [1.82, 2.24) is 0 Å². The predicted octanol–water partition coefficient (Wildman–Crippen LogP) is 4.08. The monoisotopic (exact) mass is 435 g/mol. The third-order valence-electron chi connectivity index (χ3n) is 5.63. The van der Waals surface area contributed by atoms with E-state index in [2.05, 4.69) is 13.8 Å². The highest BCUT2D eigenvalue weighted by Gasteiger charge is 2.33. The number of carbonyl (C=O) groups excluding carboxylic acids is 2. The molecule has 1 aliphatic heterocycles. The number of carbonyl (C=O) groups is 2. The molecule has 166 valence electrons. The number of rotatable bonds is 4. The maximum absolute atomic E-state index is 12.8. The molecule has 0 radical (unpaired) electrons. The van der Waals surface area contributed by atoms with Gasteiger partial charge in [0.25, 0.3) is 0 Å². The molecule has 2 heterocycles. The highest BCUT2D eigenvalue weighted by atomic mass is 16.6. The Kier molecular flexibility index (Phi) is 5.74. The molecule has 0 unspecified atom stereocenters. The van der Waals surface area contributed by atoms with Crippen LogP contribution in [0.25, 0.3) is 11.0 Å². The minimum atomic E-state index is -0.964. The molecule has 0 saturated carbocycles. The molecule has 1 atom stereocenters. The van der Waals surface area contributed by atoms with E-state index in [1.165, 1.54) is 17.9 Å². The third kappa shape index (κ3) is 4.10. The van der Waals surface area contributed by atoms with Gasteiger partial charge in [-0.2, -0.15) is 0 Å². The van der Waals surface area contributed by atoms with Gasteiger partial charge in [0.1, 0.15) is 17.9 Å². The molecule has 32 heavy (non-hydrogen) atoms. The molecular formula is C25H25NO6. The third-order valence-corrected chi connectivity index (χ3v) is 5.63. The predicted molar refractivity (Wildman–Crippen MR) is 120 cm³/mol. The van der Waals surface area contributed by atoms with Crippen LogP contribution in [-0.2, 0) is 20.9 Å². The molecule has 1 aromatic heterocycles. The highest BCUT2D eigenvalue weighted by molar-refractivity contribution is 5.95. The number of esters is 1. The van der Waals surface area contributed by atoms with E-state index in [9.17, 15) is 14.4 Å². The summed E-state index contributed by atoms with van der Waals surface area (Å²) < 4.78 is 16.7. The van der Waals surface area contributed by atoms with Crippen molar-refractivity contribution in [3.63, 3.8) is 0 Å². The van der Waals surface area contributed by atoms with Crippen LogP contribution in [0.5, 0.6) is 5.75 Å². The van der Waals surface area contributed by atoms with Crippen LogP contribution in [0, 0.1) is 6.92 Å². The van der Waals surface area contributed by atoms with Crippen molar-refractivity contribution in [2.45, 2.75) is 46.3 Å². The van der Waals surface area contributed by atoms with Crippen molar-refractivity contribution in [3.05, 3.63) is 69.6 Å². The molecule has 0 N–H and O–H groups in total. The Morgan fingerprint density at radius 3 is 2.66 bits per heavy atom. The lowest BCUT2D eigenvalue weighted by Crippen LogP contribution is -2.47. The zero-order valence-corrected chi connectivity index (χ0v) is 18.5. The fourth-order valence-electron chi connectivity index (χ4n) is 4.03. The number of aryl methyl sites for hydroxylation is 1. The second-order valence-corrected chi connectivity index (χ2v) is 8.26. The van der Waals surface area contributed by atoms with Crippen LogP contribution in [0.1, 0.15) is 43.4 Å². The van der Waals surface area contributed by atoms with Crippen molar-refractivity contribution in [2.24, 2.45) is 0 Å². The van der Waals surface area contributed by atoms with Crippen LogP contribution >= 0.6 is 0 Å². The second kappa shape index (κ2) is 8.49. The topological polar surface area (TPSA) is 86.0 Å². The average molecular weight is 435 g/mol. The first-order valence-corrected chi connectivity index (χ1v) is 10.5. The van der Waals surface area contributed by atoms with Gasteiger partial charge in [0, 0.05) is 23.9 Å². The number of hydrogen-bond donors (Lipinski definition) is 0. The van der Waals surface area contributed by atoms with Gasteiger partial charge >= 0.3 is 11.6 Å². The molecule has 3 aromatic rings. The van der Waals surface area contributed by atoms with Crippen molar-refractivity contribution in [1.29, 1.82) is 0 Å². The van der Waals surface area contributed by atoms with Crippen molar-refractivity contribution < 1.29 is 23.5 Å². The van der Waals surface area contributed by atoms with Crippen molar-refractivity contribution in [3.8, 4) is 5.75 Å². The van der Waals surface area contributed by atoms with E-state index in [1.54, 1.807) is 24.3 Å². The molecule has 0 saturated heterocycles. The summed E-state index contributed by atoms with van der Waals surface area (Å²) in [6.45, 7) is 7.54. The van der Waals surface area contributed by atoms with E-state index in [0.717, 1.165) is 16.5 Å². The van der Waals surface area contributed by atoms with Crippen molar-refractivity contribution >= 4 is 28.5 Å². The van der Waals surface area contributed by atoms with E-state index in [4.69, 9.17) is 13.9 Å². The first kappa shape index (κ1) is 21.6. The average Bonchev–Trinajstić information content (AvgIpc) is 2.75. The first-order chi connectivity index (χ1) is 15.2. The molecule has 0 fully saturated rings. The van der Waals surface area contributed by atoms with Gasteiger partial charge in [-0.3, -0.25) is 4.79 Å². The summed E-state index contributed by atoms with van der Waals surface area (Å²) in [5.41, 5.74) is 3.28. The van der Waals surface area contributed by atoms with E-state index >= 15 is 0 Å². The van der Waals surface area contributed by atoms with Gasteiger partial charge < -0.3 is 18.8 Å². The standard InChI is InChI=1S/C25H25NO6/c1-14(2)18-11-19-17(10-24(28)32-22(19)9-15(18)3)13-30-25(29)23-12-26(16(4)27)20-7-5-6-8-21(20)31-23/h5-11,14,23H,12-13H2,1-4H3/t23-/m1/s1. The zero-order valence-electron chi connectivity index (χ0n) is 18.5. The molecule has 2 aromatic carbocycles. The van der Waals surface area contributed by atoms with E-state index in [1.807, 2.05) is 19.1 Å². The fraction of sp³-hybridized carbons (Fsp3) is 0.320. The maximum atomic E-state index is 12.8. The SMILES string of the molecule is CC(=O)N1C[C@H](C(=O)OCc2cc(=O)oc3cc(C)c(C(C)C)cc23)Oc2ccccc21. The Balaban J connectivity index is 1.59. The smallest absolute Gasteiger partial charge is 0.349 e. The van der Waals surface area contributed by atoms with E-state index < -0.39 is 17.7 Å². The van der Waals surface area contributed by atoms with Crippen LogP contribution in [0.4, 0.5) is 5.69 Å². The van der Waals surface area contributed by atoms with Gasteiger partial charge in [-0.15, -0.1) is 0 Å². The molecule has 0 aliphatic carbocycles. The Hall–Kier alpha value is -3.61. The molecule has 0 spiro atoms. The normalized spacial score (nSPS) is 15.4. The number of amides is 1. The van der Waals surface area contributed by atoms with Crippen LogP contribution < -0.4 is 15.3 Å². The summed E-state index contributed by atoms with van der Waals surface area (Å²) in [7, 11) is 0. The van der Waals surface area contributed by atoms with Crippen LogP contribution in [0.15, 0.2) is 51.7 Å². The van der Waals surface area contributed by atoms with Crippen LogP contribution in [-0.4, -0.2) is 24.5 Å². The summed E-state index contributed by atoms with van der Waals surface area (Å²) in [6, 6.07) is 12.2. The number of fused-ring (bicyclic) bond motifs is 2. The lowest BCUT2D eigenvalue weighted by atomic mass is 9.95. The molecule has 4 rings (SSSR count). The highest BCUT2D eigenvalue weighted by Crippen LogP contribution is 2.33. The van der Waals surface area contributed by atoms with Gasteiger partial charge in [-0.05, 0) is 48.2 Å². The molecule has 7 heteroatoms. The Labute approximate surface area is 185 Å². The number of ether oxygens (including phenoxy) is 2. The van der Waals surface area contributed by atoms with Crippen molar-refractivity contribution in [2.75, 3.05) is 11.4 Å². The van der Waals surface area contributed by atoms with Gasteiger partial charge in [-0.1, -0.05) is 26.0 Å². The van der Waals surface area contributed by atoms with Gasteiger partial charge in [0.05, 0.1) is 12.2 Å². The van der Waals surface area contributed by atoms with Gasteiger partial charge in [0.2, 0.25) is 12.0 Å². The van der Waals surface area contributed by atoms with Gasteiger partial charge in [0.15, 0.2) is 0 Å². The first-order valence-electron chi connectivity index (χ1n) is 10.5. The second-order valence-electron chi connectivity index (χ2n) is 8.26. The number of benzene rings is 2. The number of hydrogen-bond acceptors (Lipinski definition) is 6. The molecule has 1 amide bonds. The number of nitrogens with zero attached hydrogens (tertiary/aromatic N) is 1.